The van der Waals surface area contributed by atoms with Gasteiger partial charge in [-0.1, -0.05) is 6.07 Å². The topological polar surface area (TPSA) is 85.3 Å². The number of benzene rings is 1. The van der Waals surface area contributed by atoms with Crippen molar-refractivity contribution in [3.05, 3.63) is 44.8 Å². The number of fused-ring (bicyclic) bond motifs is 1. The van der Waals surface area contributed by atoms with Gasteiger partial charge in [0, 0.05) is 13.1 Å². The van der Waals surface area contributed by atoms with Crippen molar-refractivity contribution >= 4 is 33.2 Å². The SMILES string of the molecule is CC(Nc1cnn(C)c(=O)c1Br)c1ccc2c(c1)NC(=O)CO2. The minimum Gasteiger partial charge on any atom is -0.482 e. The maximum Gasteiger partial charge on any atom is 0.282 e. The maximum absolute atomic E-state index is 11.9. The summed E-state index contributed by atoms with van der Waals surface area (Å²) in [5.41, 5.74) is 1.99. The Bertz CT molecular complexity index is 834. The van der Waals surface area contributed by atoms with E-state index in [-0.39, 0.29) is 24.1 Å². The first-order valence-electron chi connectivity index (χ1n) is 7.00. The van der Waals surface area contributed by atoms with Crippen LogP contribution in [0.15, 0.2) is 33.7 Å². The molecule has 1 aliphatic rings. The van der Waals surface area contributed by atoms with E-state index in [2.05, 4.69) is 31.7 Å². The van der Waals surface area contributed by atoms with Gasteiger partial charge in [-0.25, -0.2) is 4.68 Å². The van der Waals surface area contributed by atoms with Crippen LogP contribution in [0.5, 0.6) is 5.75 Å². The number of nitrogens with one attached hydrogen (secondary N) is 2. The zero-order valence-corrected chi connectivity index (χ0v) is 14.2. The van der Waals surface area contributed by atoms with Crippen LogP contribution >= 0.6 is 15.9 Å². The third-order valence-corrected chi connectivity index (χ3v) is 4.35. The van der Waals surface area contributed by atoms with Crippen LogP contribution < -0.4 is 20.9 Å². The number of anilines is 2. The highest BCUT2D eigenvalue weighted by Gasteiger charge is 2.18. The minimum atomic E-state index is -0.215. The van der Waals surface area contributed by atoms with Crippen LogP contribution in [0.25, 0.3) is 0 Å². The molecule has 120 valence electrons. The van der Waals surface area contributed by atoms with Gasteiger partial charge >= 0.3 is 0 Å². The Morgan fingerprint density at radius 2 is 2.22 bits per heavy atom. The van der Waals surface area contributed by atoms with E-state index in [1.54, 1.807) is 13.2 Å². The van der Waals surface area contributed by atoms with Gasteiger partial charge in [-0.2, -0.15) is 5.10 Å². The average Bonchev–Trinajstić information content (AvgIpc) is 2.54. The van der Waals surface area contributed by atoms with Crippen molar-refractivity contribution in [2.24, 2.45) is 7.05 Å². The summed E-state index contributed by atoms with van der Waals surface area (Å²) in [6.07, 6.45) is 1.59. The Morgan fingerprint density at radius 1 is 1.43 bits per heavy atom. The molecule has 1 amide bonds. The molecule has 0 saturated carbocycles. The first-order chi connectivity index (χ1) is 11.0. The quantitative estimate of drug-likeness (QED) is 0.853. The van der Waals surface area contributed by atoms with Crippen LogP contribution in [0.2, 0.25) is 0 Å². The van der Waals surface area contributed by atoms with Crippen molar-refractivity contribution in [1.29, 1.82) is 0 Å². The molecule has 1 aromatic heterocycles. The molecule has 1 unspecified atom stereocenters. The predicted octanol–water partition coefficient (Wildman–Crippen LogP) is 2.05. The van der Waals surface area contributed by atoms with Crippen molar-refractivity contribution in [1.82, 2.24) is 9.78 Å². The third kappa shape index (κ3) is 3.07. The highest BCUT2D eigenvalue weighted by Crippen LogP contribution is 2.32. The van der Waals surface area contributed by atoms with E-state index in [9.17, 15) is 9.59 Å². The van der Waals surface area contributed by atoms with Crippen LogP contribution in [0, 0.1) is 0 Å². The molecule has 3 rings (SSSR count). The zero-order chi connectivity index (χ0) is 16.6. The molecule has 1 aromatic carbocycles. The maximum atomic E-state index is 11.9. The average molecular weight is 379 g/mol. The molecule has 2 heterocycles. The van der Waals surface area contributed by atoms with Crippen LogP contribution in [-0.4, -0.2) is 22.3 Å². The Kier molecular flexibility index (Phi) is 4.08. The number of carbonyl (C=O) groups excluding carboxylic acids is 1. The first-order valence-corrected chi connectivity index (χ1v) is 7.80. The fourth-order valence-electron chi connectivity index (χ4n) is 2.30. The van der Waals surface area contributed by atoms with E-state index in [1.807, 2.05) is 25.1 Å². The van der Waals surface area contributed by atoms with E-state index >= 15 is 0 Å². The zero-order valence-electron chi connectivity index (χ0n) is 12.6. The fraction of sp³-hybridized carbons (Fsp3) is 0.267. The number of rotatable bonds is 3. The summed E-state index contributed by atoms with van der Waals surface area (Å²) < 4.78 is 7.03. The third-order valence-electron chi connectivity index (χ3n) is 3.59. The first kappa shape index (κ1) is 15.5. The molecule has 0 spiro atoms. The predicted molar refractivity (Wildman–Crippen MR) is 89.8 cm³/mol. The smallest absolute Gasteiger partial charge is 0.282 e. The number of amides is 1. The van der Waals surface area contributed by atoms with Crippen molar-refractivity contribution < 1.29 is 9.53 Å². The van der Waals surface area contributed by atoms with Gasteiger partial charge in [-0.3, -0.25) is 9.59 Å². The van der Waals surface area contributed by atoms with E-state index < -0.39 is 0 Å². The molecule has 0 bridgehead atoms. The molecular formula is C15H15BrN4O3. The molecule has 7 nitrogen and oxygen atoms in total. The lowest BCUT2D eigenvalue weighted by molar-refractivity contribution is -0.118. The molecule has 8 heteroatoms. The molecule has 0 aliphatic carbocycles. The monoisotopic (exact) mass is 378 g/mol. The van der Waals surface area contributed by atoms with E-state index in [4.69, 9.17) is 4.74 Å². The minimum absolute atomic E-state index is 0.0338. The molecule has 0 fully saturated rings. The summed E-state index contributed by atoms with van der Waals surface area (Å²) >= 11 is 3.29. The number of hydrogen-bond donors (Lipinski definition) is 2. The summed E-state index contributed by atoms with van der Waals surface area (Å²) in [6.45, 7) is 1.99. The van der Waals surface area contributed by atoms with Crippen LogP contribution in [0.1, 0.15) is 18.5 Å². The number of hydrogen-bond acceptors (Lipinski definition) is 5. The number of nitrogens with zero attached hydrogens (tertiary/aromatic N) is 2. The lowest BCUT2D eigenvalue weighted by Gasteiger charge is -2.21. The highest BCUT2D eigenvalue weighted by atomic mass is 79.9. The van der Waals surface area contributed by atoms with E-state index in [0.717, 1.165) is 5.56 Å². The summed E-state index contributed by atoms with van der Waals surface area (Å²) in [6, 6.07) is 5.49. The lowest BCUT2D eigenvalue weighted by Crippen LogP contribution is -2.25. The summed E-state index contributed by atoms with van der Waals surface area (Å²) in [5.74, 6) is 0.478. The molecular weight excluding hydrogens is 364 g/mol. The van der Waals surface area contributed by atoms with Crippen LogP contribution in [-0.2, 0) is 11.8 Å². The van der Waals surface area contributed by atoms with Gasteiger partial charge in [0.2, 0.25) is 0 Å². The summed E-state index contributed by atoms with van der Waals surface area (Å²) in [7, 11) is 1.59. The number of carbonyl (C=O) groups is 1. The van der Waals surface area contributed by atoms with Gasteiger partial charge < -0.3 is 15.4 Å². The molecule has 0 saturated heterocycles. The standard InChI is InChI=1S/C15H15BrN4O3/c1-8(18-11-6-17-20(2)15(22)14(11)16)9-3-4-12-10(5-9)19-13(21)7-23-12/h3-6,8,18H,7H2,1-2H3,(H,19,21). The van der Waals surface area contributed by atoms with Crippen LogP contribution in [0.3, 0.4) is 0 Å². The van der Waals surface area contributed by atoms with Gasteiger partial charge in [0.1, 0.15) is 10.2 Å². The second-order valence-corrected chi connectivity index (χ2v) is 6.05. The number of aromatic nitrogens is 2. The molecule has 0 radical (unpaired) electrons. The van der Waals surface area contributed by atoms with Gasteiger partial charge in [0.25, 0.3) is 11.5 Å². The summed E-state index contributed by atoms with van der Waals surface area (Å²) in [5, 5.41) is 10.0. The number of halogens is 1. The van der Waals surface area contributed by atoms with Gasteiger partial charge in [0.15, 0.2) is 6.61 Å². The molecule has 1 aliphatic heterocycles. The second kappa shape index (κ2) is 6.04. The van der Waals surface area contributed by atoms with E-state index in [0.29, 0.717) is 21.6 Å². The normalized spacial score (nSPS) is 14.5. The van der Waals surface area contributed by atoms with Crippen molar-refractivity contribution in [2.45, 2.75) is 13.0 Å². The van der Waals surface area contributed by atoms with Gasteiger partial charge in [-0.15, -0.1) is 0 Å². The second-order valence-electron chi connectivity index (χ2n) is 5.26. The van der Waals surface area contributed by atoms with Crippen molar-refractivity contribution in [2.75, 3.05) is 17.2 Å². The van der Waals surface area contributed by atoms with Crippen molar-refractivity contribution in [3.63, 3.8) is 0 Å². The van der Waals surface area contributed by atoms with Gasteiger partial charge in [0.05, 0.1) is 17.6 Å². The molecule has 2 N–H and O–H groups in total. The highest BCUT2D eigenvalue weighted by molar-refractivity contribution is 9.10. The van der Waals surface area contributed by atoms with Crippen LogP contribution in [0.4, 0.5) is 11.4 Å². The Balaban J connectivity index is 1.85. The summed E-state index contributed by atoms with van der Waals surface area (Å²) in [4.78, 5) is 23.3. The van der Waals surface area contributed by atoms with E-state index in [1.165, 1.54) is 4.68 Å². The number of aryl methyl sites for hydroxylation is 1. The van der Waals surface area contributed by atoms with Crippen molar-refractivity contribution in [3.8, 4) is 5.75 Å². The largest absolute Gasteiger partial charge is 0.482 e. The lowest BCUT2D eigenvalue weighted by atomic mass is 10.1. The fourth-order valence-corrected chi connectivity index (χ4v) is 2.77. The molecule has 2 aromatic rings. The Labute approximate surface area is 140 Å². The molecule has 1 atom stereocenters. The van der Waals surface area contributed by atoms with Gasteiger partial charge in [-0.05, 0) is 40.5 Å². The molecule has 23 heavy (non-hydrogen) atoms. The Hall–Kier alpha value is -2.35. The Morgan fingerprint density at radius 3 is 3.00 bits per heavy atom. The number of ether oxygens (including phenoxy) is 1.